The molecule has 1 rings (SSSR count). The van der Waals surface area contributed by atoms with Gasteiger partial charge in [0, 0.05) is 0 Å². The average Bonchev–Trinajstić information content (AvgIpc) is 2.10. The molecule has 0 aliphatic carbocycles. The lowest BCUT2D eigenvalue weighted by Gasteiger charge is -2.11. The summed E-state index contributed by atoms with van der Waals surface area (Å²) in [7, 11) is 0. The van der Waals surface area contributed by atoms with Gasteiger partial charge in [-0.1, -0.05) is 5.16 Å². The summed E-state index contributed by atoms with van der Waals surface area (Å²) in [6, 6.07) is 0. The fourth-order valence-corrected chi connectivity index (χ4v) is 0.897. The molecule has 0 atom stereocenters. The summed E-state index contributed by atoms with van der Waals surface area (Å²) >= 11 is 0. The first-order chi connectivity index (χ1) is 4.59. The zero-order chi connectivity index (χ0) is 7.78. The zero-order valence-electron chi connectivity index (χ0n) is 6.01. The molecule has 0 aromatic carbocycles. The van der Waals surface area contributed by atoms with Gasteiger partial charge >= 0.3 is 0 Å². The maximum atomic E-state index is 11.0. The van der Waals surface area contributed by atoms with Crippen molar-refractivity contribution in [1.29, 1.82) is 0 Å². The fraction of sp³-hybridized carbons (Fsp3) is 0.667. The molecule has 0 aromatic rings. The lowest BCUT2D eigenvalue weighted by molar-refractivity contribution is -0.124. The monoisotopic (exact) mass is 142 g/mol. The van der Waals surface area contributed by atoms with Crippen LogP contribution < -0.4 is 5.32 Å². The van der Waals surface area contributed by atoms with Crippen LogP contribution in [0, 0.1) is 5.41 Å². The van der Waals surface area contributed by atoms with Crippen molar-refractivity contribution < 1.29 is 10.0 Å². The number of oxime groups is 1. The molecule has 1 amide bonds. The summed E-state index contributed by atoms with van der Waals surface area (Å²) in [5.41, 5.74) is -0.133. The quantitative estimate of drug-likeness (QED) is 0.368. The Morgan fingerprint density at radius 2 is 2.30 bits per heavy atom. The highest BCUT2D eigenvalue weighted by Gasteiger charge is 2.39. The van der Waals surface area contributed by atoms with E-state index >= 15 is 0 Å². The Hall–Kier alpha value is -1.06. The Kier molecular flexibility index (Phi) is 1.39. The van der Waals surface area contributed by atoms with Crippen molar-refractivity contribution in [3.8, 4) is 0 Å². The first-order valence-electron chi connectivity index (χ1n) is 3.08. The summed E-state index contributed by atoms with van der Waals surface area (Å²) < 4.78 is 0. The van der Waals surface area contributed by atoms with Gasteiger partial charge < -0.3 is 10.5 Å². The number of hydrogen-bond acceptors (Lipinski definition) is 3. The number of rotatable bonds is 0. The number of carbonyl (C=O) groups excluding carboxylic acids is 1. The number of hydrogen-bond donors (Lipinski definition) is 2. The third-order valence-corrected chi connectivity index (χ3v) is 1.83. The Bertz CT molecular complexity index is 196. The lowest BCUT2D eigenvalue weighted by atomic mass is 9.90. The summed E-state index contributed by atoms with van der Waals surface area (Å²) in [4.78, 5) is 11.0. The van der Waals surface area contributed by atoms with Crippen LogP contribution in [0.4, 0.5) is 0 Å². The summed E-state index contributed by atoms with van der Waals surface area (Å²) in [6.07, 6.45) is 0. The van der Waals surface area contributed by atoms with Gasteiger partial charge in [-0.2, -0.15) is 0 Å². The van der Waals surface area contributed by atoms with Gasteiger partial charge in [0.2, 0.25) is 5.91 Å². The van der Waals surface area contributed by atoms with E-state index in [1.54, 1.807) is 13.8 Å². The van der Waals surface area contributed by atoms with Gasteiger partial charge in [0.1, 0.15) is 0 Å². The first-order valence-corrected chi connectivity index (χ1v) is 3.08. The SMILES string of the molecule is CC1(C)C(=O)NC/C1=N/O. The van der Waals surface area contributed by atoms with Gasteiger partial charge in [-0.05, 0) is 13.8 Å². The van der Waals surface area contributed by atoms with Crippen molar-refractivity contribution in [2.45, 2.75) is 13.8 Å². The largest absolute Gasteiger partial charge is 0.411 e. The number of nitrogens with one attached hydrogen (secondary N) is 1. The van der Waals surface area contributed by atoms with E-state index in [2.05, 4.69) is 10.5 Å². The normalized spacial score (nSPS) is 27.0. The van der Waals surface area contributed by atoms with Crippen LogP contribution in [-0.4, -0.2) is 23.4 Å². The summed E-state index contributed by atoms with van der Waals surface area (Å²) in [5.74, 6) is -0.0831. The van der Waals surface area contributed by atoms with E-state index in [9.17, 15) is 4.79 Å². The molecule has 56 valence electrons. The second-order valence-electron chi connectivity index (χ2n) is 2.85. The molecule has 0 saturated carbocycles. The van der Waals surface area contributed by atoms with Crippen LogP contribution >= 0.6 is 0 Å². The Balaban J connectivity index is 2.95. The second-order valence-corrected chi connectivity index (χ2v) is 2.85. The number of amides is 1. The Labute approximate surface area is 58.9 Å². The van der Waals surface area contributed by atoms with Gasteiger partial charge in [-0.15, -0.1) is 0 Å². The fourth-order valence-electron chi connectivity index (χ4n) is 0.897. The van der Waals surface area contributed by atoms with Crippen molar-refractivity contribution in [2.24, 2.45) is 10.6 Å². The lowest BCUT2D eigenvalue weighted by Crippen LogP contribution is -2.28. The molecule has 4 nitrogen and oxygen atoms in total. The third kappa shape index (κ3) is 0.761. The maximum Gasteiger partial charge on any atom is 0.231 e. The van der Waals surface area contributed by atoms with Crippen LogP contribution in [0.25, 0.3) is 0 Å². The van der Waals surface area contributed by atoms with Crippen LogP contribution in [0.5, 0.6) is 0 Å². The van der Waals surface area contributed by atoms with E-state index in [4.69, 9.17) is 5.21 Å². The zero-order valence-corrected chi connectivity index (χ0v) is 6.01. The van der Waals surface area contributed by atoms with Gasteiger partial charge in [0.25, 0.3) is 0 Å². The van der Waals surface area contributed by atoms with E-state index in [0.717, 1.165) is 0 Å². The van der Waals surface area contributed by atoms with E-state index < -0.39 is 5.41 Å². The molecule has 0 spiro atoms. The molecule has 0 unspecified atom stereocenters. The molecule has 10 heavy (non-hydrogen) atoms. The van der Waals surface area contributed by atoms with Gasteiger partial charge in [0.05, 0.1) is 17.7 Å². The van der Waals surface area contributed by atoms with Crippen LogP contribution in [0.1, 0.15) is 13.8 Å². The second kappa shape index (κ2) is 1.97. The van der Waals surface area contributed by atoms with Gasteiger partial charge in [-0.3, -0.25) is 4.79 Å². The highest BCUT2D eigenvalue weighted by molar-refractivity contribution is 6.14. The molecule has 1 aliphatic rings. The third-order valence-electron chi connectivity index (χ3n) is 1.83. The van der Waals surface area contributed by atoms with Crippen LogP contribution in [0.15, 0.2) is 5.16 Å². The summed E-state index contributed by atoms with van der Waals surface area (Å²) in [5, 5.41) is 14.0. The van der Waals surface area contributed by atoms with Crippen molar-refractivity contribution in [3.63, 3.8) is 0 Å². The van der Waals surface area contributed by atoms with E-state index in [0.29, 0.717) is 12.3 Å². The molecular formula is C6H10N2O2. The predicted molar refractivity (Wildman–Crippen MR) is 36.0 cm³/mol. The minimum atomic E-state index is -0.630. The van der Waals surface area contributed by atoms with Gasteiger partial charge in [-0.25, -0.2) is 0 Å². The van der Waals surface area contributed by atoms with Crippen LogP contribution in [0.2, 0.25) is 0 Å². The number of nitrogens with zero attached hydrogens (tertiary/aromatic N) is 1. The molecule has 1 saturated heterocycles. The molecule has 0 bridgehead atoms. The minimum Gasteiger partial charge on any atom is -0.411 e. The molecule has 4 heteroatoms. The molecule has 2 N–H and O–H groups in total. The molecule has 1 heterocycles. The molecule has 1 fully saturated rings. The standard InChI is InChI=1S/C6H10N2O2/c1-6(2)4(8-10)3-7-5(6)9/h10H,3H2,1-2H3,(H,7,9)/b8-4-. The smallest absolute Gasteiger partial charge is 0.231 e. The maximum absolute atomic E-state index is 11.0. The van der Waals surface area contributed by atoms with Crippen molar-refractivity contribution >= 4 is 11.6 Å². The van der Waals surface area contributed by atoms with Crippen molar-refractivity contribution in [3.05, 3.63) is 0 Å². The first kappa shape index (κ1) is 7.05. The molecule has 0 radical (unpaired) electrons. The molecular weight excluding hydrogens is 132 g/mol. The van der Waals surface area contributed by atoms with Crippen LogP contribution in [-0.2, 0) is 4.79 Å². The van der Waals surface area contributed by atoms with Crippen LogP contribution in [0.3, 0.4) is 0 Å². The average molecular weight is 142 g/mol. The van der Waals surface area contributed by atoms with Gasteiger partial charge in [0.15, 0.2) is 0 Å². The topological polar surface area (TPSA) is 61.7 Å². The molecule has 0 aromatic heterocycles. The Morgan fingerprint density at radius 3 is 2.50 bits per heavy atom. The van der Waals surface area contributed by atoms with E-state index in [1.807, 2.05) is 0 Å². The molecule has 1 aliphatic heterocycles. The summed E-state index contributed by atoms with van der Waals surface area (Å²) in [6.45, 7) is 3.82. The Morgan fingerprint density at radius 1 is 1.70 bits per heavy atom. The predicted octanol–water partition coefficient (Wildman–Crippen LogP) is -0.0274. The highest BCUT2D eigenvalue weighted by Crippen LogP contribution is 2.21. The van der Waals surface area contributed by atoms with Crippen molar-refractivity contribution in [2.75, 3.05) is 6.54 Å². The minimum absolute atomic E-state index is 0.0831. The number of carbonyl (C=O) groups is 1. The van der Waals surface area contributed by atoms with E-state index in [1.165, 1.54) is 0 Å². The highest BCUT2D eigenvalue weighted by atomic mass is 16.4. The van der Waals surface area contributed by atoms with E-state index in [-0.39, 0.29) is 5.91 Å². The van der Waals surface area contributed by atoms with Crippen molar-refractivity contribution in [1.82, 2.24) is 5.32 Å².